The fraction of sp³-hybridized carbons (Fsp3) is 0. The molecular formula is C2H5N5O2. The third-order valence-electron chi connectivity index (χ3n) is 0.270. The normalized spacial score (nSPS) is 7.11. The zero-order valence-corrected chi connectivity index (χ0v) is 4.35. The van der Waals surface area contributed by atoms with E-state index in [1.807, 2.05) is 0 Å². The molecule has 0 saturated carbocycles. The molecule has 7 nitrogen and oxygen atoms in total. The molecule has 1 aromatic heterocycles. The maximum absolute atomic E-state index is 8.78. The standard InChI is InChI=1S/CH2N4.CH3NO2/c1-2-4-5-3-1;2-1(3)4/h1H,(H,2,3,4,5);2H2,(H,3,4). The Morgan fingerprint density at radius 1 is 1.78 bits per heavy atom. The summed E-state index contributed by atoms with van der Waals surface area (Å²) < 4.78 is 0. The van der Waals surface area contributed by atoms with Crippen LogP contribution < -0.4 is 5.73 Å². The van der Waals surface area contributed by atoms with Crippen LogP contribution >= 0.6 is 0 Å². The maximum atomic E-state index is 8.78. The molecule has 0 unspecified atom stereocenters. The average molecular weight is 131 g/mol. The molecule has 0 aliphatic heterocycles. The van der Waals surface area contributed by atoms with Crippen molar-refractivity contribution >= 4 is 6.09 Å². The van der Waals surface area contributed by atoms with E-state index in [0.29, 0.717) is 0 Å². The number of carbonyl (C=O) groups is 1. The summed E-state index contributed by atoms with van der Waals surface area (Å²) in [6, 6.07) is 0. The summed E-state index contributed by atoms with van der Waals surface area (Å²) in [7, 11) is 0. The number of carboxylic acid groups (broad SMARTS) is 1. The number of aromatic amines is 1. The Morgan fingerprint density at radius 2 is 2.33 bits per heavy atom. The predicted molar refractivity (Wildman–Crippen MR) is 26.4 cm³/mol. The Hall–Kier alpha value is -1.66. The minimum Gasteiger partial charge on any atom is -0.465 e. The van der Waals surface area contributed by atoms with Crippen LogP contribution in [0.1, 0.15) is 0 Å². The lowest BCUT2D eigenvalue weighted by Crippen LogP contribution is -2.03. The van der Waals surface area contributed by atoms with Crippen molar-refractivity contribution in [3.8, 4) is 0 Å². The van der Waals surface area contributed by atoms with Gasteiger partial charge in [-0.25, -0.2) is 9.89 Å². The zero-order valence-electron chi connectivity index (χ0n) is 4.35. The zero-order chi connectivity index (χ0) is 7.11. The van der Waals surface area contributed by atoms with Crippen molar-refractivity contribution in [2.75, 3.05) is 0 Å². The molecule has 9 heavy (non-hydrogen) atoms. The number of nitrogens with two attached hydrogens (primary N) is 1. The summed E-state index contributed by atoms with van der Waals surface area (Å²) in [6.07, 6.45) is 0.0694. The van der Waals surface area contributed by atoms with Gasteiger partial charge in [0, 0.05) is 0 Å². The summed E-state index contributed by atoms with van der Waals surface area (Å²) in [5.74, 6) is 0. The van der Waals surface area contributed by atoms with Crippen LogP contribution in [0, 0.1) is 0 Å². The molecule has 1 rings (SSSR count). The van der Waals surface area contributed by atoms with Crippen LogP contribution in [-0.4, -0.2) is 31.8 Å². The molecule has 0 aliphatic carbocycles. The van der Waals surface area contributed by atoms with E-state index in [2.05, 4.69) is 26.4 Å². The van der Waals surface area contributed by atoms with Gasteiger partial charge in [0.05, 0.1) is 0 Å². The van der Waals surface area contributed by atoms with E-state index in [0.717, 1.165) is 0 Å². The molecule has 1 aromatic rings. The molecule has 0 radical (unpaired) electrons. The quantitative estimate of drug-likeness (QED) is 0.409. The molecule has 0 aromatic carbocycles. The SMILES string of the molecule is NC(=O)O.c1nnn[nH]1. The molecule has 7 heteroatoms. The number of H-pyrrole nitrogens is 1. The molecule has 1 amide bonds. The number of nitrogens with one attached hydrogen (secondary N) is 1. The van der Waals surface area contributed by atoms with Gasteiger partial charge < -0.3 is 10.8 Å². The number of aromatic nitrogens is 4. The summed E-state index contributed by atoms with van der Waals surface area (Å²) >= 11 is 0. The highest BCUT2D eigenvalue weighted by molar-refractivity contribution is 5.61. The fourth-order valence-electron chi connectivity index (χ4n) is 0.129. The van der Waals surface area contributed by atoms with Gasteiger partial charge in [0.1, 0.15) is 6.33 Å². The minimum atomic E-state index is -1.33. The Balaban J connectivity index is 0.000000148. The second-order valence-corrected chi connectivity index (χ2v) is 0.901. The van der Waals surface area contributed by atoms with Crippen LogP contribution in [0.2, 0.25) is 0 Å². The summed E-state index contributed by atoms with van der Waals surface area (Å²) in [5, 5.41) is 19.3. The molecule has 1 heterocycles. The third kappa shape index (κ3) is 10.7. The largest absolute Gasteiger partial charge is 0.465 e. The van der Waals surface area contributed by atoms with Crippen LogP contribution in [0.5, 0.6) is 0 Å². The number of nitrogens with zero attached hydrogens (tertiary/aromatic N) is 3. The van der Waals surface area contributed by atoms with E-state index >= 15 is 0 Å². The third-order valence-corrected chi connectivity index (χ3v) is 0.270. The number of hydrogen-bond donors (Lipinski definition) is 3. The first kappa shape index (κ1) is 7.34. The van der Waals surface area contributed by atoms with Gasteiger partial charge in [0.15, 0.2) is 0 Å². The van der Waals surface area contributed by atoms with Gasteiger partial charge in [-0.2, -0.15) is 0 Å². The highest BCUT2D eigenvalue weighted by atomic mass is 16.4. The fourth-order valence-corrected chi connectivity index (χ4v) is 0.129. The number of hydrogen-bond acceptors (Lipinski definition) is 4. The Kier molecular flexibility index (Phi) is 3.67. The first-order valence-electron chi connectivity index (χ1n) is 1.89. The van der Waals surface area contributed by atoms with Crippen LogP contribution in [-0.2, 0) is 0 Å². The van der Waals surface area contributed by atoms with E-state index in [4.69, 9.17) is 9.90 Å². The van der Waals surface area contributed by atoms with E-state index in [9.17, 15) is 0 Å². The summed E-state index contributed by atoms with van der Waals surface area (Å²) in [5.41, 5.74) is 4.03. The van der Waals surface area contributed by atoms with Gasteiger partial charge in [-0.05, 0) is 10.4 Å². The minimum absolute atomic E-state index is 1.33. The van der Waals surface area contributed by atoms with Gasteiger partial charge in [-0.15, -0.1) is 5.10 Å². The van der Waals surface area contributed by atoms with Crippen molar-refractivity contribution in [2.45, 2.75) is 0 Å². The first-order valence-corrected chi connectivity index (χ1v) is 1.89. The van der Waals surface area contributed by atoms with E-state index in [1.54, 1.807) is 0 Å². The van der Waals surface area contributed by atoms with Crippen LogP contribution in [0.3, 0.4) is 0 Å². The van der Waals surface area contributed by atoms with E-state index < -0.39 is 6.09 Å². The first-order chi connectivity index (χ1) is 4.23. The second-order valence-electron chi connectivity index (χ2n) is 0.901. The molecule has 0 aliphatic rings. The van der Waals surface area contributed by atoms with Gasteiger partial charge in [-0.1, -0.05) is 0 Å². The highest BCUT2D eigenvalue weighted by Crippen LogP contribution is 1.43. The number of primary amides is 1. The molecule has 50 valence electrons. The molecule has 0 bridgehead atoms. The van der Waals surface area contributed by atoms with Gasteiger partial charge in [-0.3, -0.25) is 0 Å². The van der Waals surface area contributed by atoms with Crippen molar-refractivity contribution in [1.82, 2.24) is 20.6 Å². The van der Waals surface area contributed by atoms with Crippen molar-refractivity contribution in [3.63, 3.8) is 0 Å². The van der Waals surface area contributed by atoms with Crippen molar-refractivity contribution in [2.24, 2.45) is 5.73 Å². The van der Waals surface area contributed by atoms with Crippen LogP contribution in [0.15, 0.2) is 6.33 Å². The number of tetrazole rings is 1. The average Bonchev–Trinajstić information content (AvgIpc) is 2.11. The maximum Gasteiger partial charge on any atom is 0.402 e. The lowest BCUT2D eigenvalue weighted by atomic mass is 11.3. The predicted octanol–water partition coefficient (Wildman–Crippen LogP) is -1.18. The van der Waals surface area contributed by atoms with Gasteiger partial charge in [0.2, 0.25) is 0 Å². The molecule has 4 N–H and O–H groups in total. The Labute approximate surface area is 49.9 Å². The van der Waals surface area contributed by atoms with Crippen molar-refractivity contribution in [3.05, 3.63) is 6.33 Å². The van der Waals surface area contributed by atoms with E-state index in [1.165, 1.54) is 6.33 Å². The second kappa shape index (κ2) is 4.50. The molecule has 0 fully saturated rings. The Bertz CT molecular complexity index is 127. The lowest BCUT2D eigenvalue weighted by Gasteiger charge is -1.61. The molecule has 0 atom stereocenters. The van der Waals surface area contributed by atoms with Crippen LogP contribution in [0.4, 0.5) is 4.79 Å². The monoisotopic (exact) mass is 131 g/mol. The number of rotatable bonds is 0. The topological polar surface area (TPSA) is 118 Å². The number of amides is 1. The van der Waals surface area contributed by atoms with Crippen LogP contribution in [0.25, 0.3) is 0 Å². The lowest BCUT2D eigenvalue weighted by molar-refractivity contribution is 0.205. The summed E-state index contributed by atoms with van der Waals surface area (Å²) in [4.78, 5) is 8.78. The summed E-state index contributed by atoms with van der Waals surface area (Å²) in [6.45, 7) is 0. The van der Waals surface area contributed by atoms with Gasteiger partial charge >= 0.3 is 6.09 Å². The van der Waals surface area contributed by atoms with E-state index in [-0.39, 0.29) is 0 Å². The molecular weight excluding hydrogens is 126 g/mol. The Morgan fingerprint density at radius 3 is 2.44 bits per heavy atom. The highest BCUT2D eigenvalue weighted by Gasteiger charge is 1.65. The smallest absolute Gasteiger partial charge is 0.402 e. The van der Waals surface area contributed by atoms with Crippen molar-refractivity contribution < 1.29 is 9.90 Å². The van der Waals surface area contributed by atoms with Gasteiger partial charge in [0.25, 0.3) is 0 Å². The van der Waals surface area contributed by atoms with Crippen molar-refractivity contribution in [1.29, 1.82) is 0 Å². The molecule has 0 spiro atoms. The molecule has 0 saturated heterocycles.